The highest BCUT2D eigenvalue weighted by molar-refractivity contribution is 5.33. The molecule has 4 nitrogen and oxygen atoms in total. The zero-order valence-electron chi connectivity index (χ0n) is 11.3. The molecular formula is C14H21FN2O2. The first-order valence-electron chi connectivity index (χ1n) is 6.65. The summed E-state index contributed by atoms with van der Waals surface area (Å²) in [7, 11) is 1.84. The lowest BCUT2D eigenvalue weighted by Crippen LogP contribution is -2.38. The zero-order valence-corrected chi connectivity index (χ0v) is 11.3. The first kappa shape index (κ1) is 14.2. The number of hydrogen-bond donors (Lipinski definition) is 1. The molecule has 19 heavy (non-hydrogen) atoms. The Hall–Kier alpha value is -1.17. The average Bonchev–Trinajstić information content (AvgIpc) is 2.43. The molecule has 5 heteroatoms. The van der Waals surface area contributed by atoms with E-state index in [4.69, 9.17) is 9.47 Å². The molecule has 0 bridgehead atoms. The van der Waals surface area contributed by atoms with Crippen molar-refractivity contribution in [1.82, 2.24) is 10.2 Å². The van der Waals surface area contributed by atoms with E-state index in [9.17, 15) is 4.39 Å². The van der Waals surface area contributed by atoms with E-state index >= 15 is 0 Å². The molecule has 1 aromatic rings. The van der Waals surface area contributed by atoms with E-state index in [1.54, 1.807) is 6.07 Å². The number of hydrogen-bond acceptors (Lipinski definition) is 4. The van der Waals surface area contributed by atoms with E-state index < -0.39 is 0 Å². The molecule has 1 fully saturated rings. The summed E-state index contributed by atoms with van der Waals surface area (Å²) in [5, 5.41) is 3.02. The lowest BCUT2D eigenvalue weighted by Gasteiger charge is -2.26. The number of nitrogens with one attached hydrogen (secondary N) is 1. The molecule has 0 aliphatic carbocycles. The monoisotopic (exact) mass is 268 g/mol. The minimum atomic E-state index is -0.231. The molecule has 0 unspecified atom stereocenters. The van der Waals surface area contributed by atoms with Gasteiger partial charge in [0.1, 0.15) is 18.2 Å². The number of ether oxygens (including phenoxy) is 2. The second-order valence-electron chi connectivity index (χ2n) is 4.58. The van der Waals surface area contributed by atoms with Crippen LogP contribution in [0.3, 0.4) is 0 Å². The molecule has 1 saturated heterocycles. The molecule has 1 N–H and O–H groups in total. The van der Waals surface area contributed by atoms with Gasteiger partial charge >= 0.3 is 0 Å². The predicted octanol–water partition coefficient (Wildman–Crippen LogP) is 1.26. The smallest absolute Gasteiger partial charge is 0.124 e. The fourth-order valence-electron chi connectivity index (χ4n) is 2.13. The molecule has 1 aromatic carbocycles. The van der Waals surface area contributed by atoms with Crippen LogP contribution in [0.4, 0.5) is 4.39 Å². The van der Waals surface area contributed by atoms with E-state index in [1.807, 2.05) is 7.05 Å². The Morgan fingerprint density at radius 1 is 1.37 bits per heavy atom. The first-order valence-corrected chi connectivity index (χ1v) is 6.65. The Labute approximate surface area is 113 Å². The van der Waals surface area contributed by atoms with Crippen molar-refractivity contribution in [3.05, 3.63) is 29.6 Å². The minimum absolute atomic E-state index is 0.231. The molecular weight excluding hydrogens is 247 g/mol. The van der Waals surface area contributed by atoms with Crippen molar-refractivity contribution in [3.63, 3.8) is 0 Å². The fourth-order valence-corrected chi connectivity index (χ4v) is 2.13. The van der Waals surface area contributed by atoms with Gasteiger partial charge in [0.25, 0.3) is 0 Å². The van der Waals surface area contributed by atoms with Crippen LogP contribution in [-0.4, -0.2) is 51.4 Å². The highest BCUT2D eigenvalue weighted by Gasteiger charge is 2.10. The lowest BCUT2D eigenvalue weighted by atomic mass is 10.2. The number of rotatable bonds is 6. The number of morpholine rings is 1. The quantitative estimate of drug-likeness (QED) is 0.842. The van der Waals surface area contributed by atoms with Crippen molar-refractivity contribution in [3.8, 4) is 5.75 Å². The molecule has 1 heterocycles. The van der Waals surface area contributed by atoms with Crippen molar-refractivity contribution in [1.29, 1.82) is 0 Å². The fraction of sp³-hybridized carbons (Fsp3) is 0.571. The molecule has 106 valence electrons. The summed E-state index contributed by atoms with van der Waals surface area (Å²) in [6.45, 7) is 5.59. The van der Waals surface area contributed by atoms with Gasteiger partial charge in [-0.25, -0.2) is 4.39 Å². The third-order valence-corrected chi connectivity index (χ3v) is 3.16. The van der Waals surface area contributed by atoms with Crippen molar-refractivity contribution in [2.24, 2.45) is 0 Å². The van der Waals surface area contributed by atoms with E-state index in [2.05, 4.69) is 10.2 Å². The van der Waals surface area contributed by atoms with Crippen molar-refractivity contribution < 1.29 is 13.9 Å². The maximum Gasteiger partial charge on any atom is 0.124 e. The van der Waals surface area contributed by atoms with Crippen LogP contribution in [0, 0.1) is 5.82 Å². The van der Waals surface area contributed by atoms with E-state index in [-0.39, 0.29) is 5.82 Å². The van der Waals surface area contributed by atoms with E-state index in [0.29, 0.717) is 13.2 Å². The van der Waals surface area contributed by atoms with Crippen LogP contribution >= 0.6 is 0 Å². The van der Waals surface area contributed by atoms with Crippen molar-refractivity contribution >= 4 is 0 Å². The molecule has 2 rings (SSSR count). The number of nitrogens with zero attached hydrogens (tertiary/aromatic N) is 1. The summed E-state index contributed by atoms with van der Waals surface area (Å²) in [6, 6.07) is 4.64. The summed E-state index contributed by atoms with van der Waals surface area (Å²) in [5.41, 5.74) is 0.851. The summed E-state index contributed by atoms with van der Waals surface area (Å²) in [6.07, 6.45) is 0. The third kappa shape index (κ3) is 4.45. The Morgan fingerprint density at radius 3 is 2.89 bits per heavy atom. The molecule has 1 aliphatic heterocycles. The van der Waals surface area contributed by atoms with Gasteiger partial charge in [-0.1, -0.05) is 0 Å². The summed E-state index contributed by atoms with van der Waals surface area (Å²) >= 11 is 0. The van der Waals surface area contributed by atoms with Gasteiger partial charge in [-0.05, 0) is 25.2 Å². The van der Waals surface area contributed by atoms with Gasteiger partial charge in [-0.3, -0.25) is 4.90 Å². The minimum Gasteiger partial charge on any atom is -0.492 e. The van der Waals surface area contributed by atoms with Crippen LogP contribution in [-0.2, 0) is 11.3 Å². The summed E-state index contributed by atoms with van der Waals surface area (Å²) in [4.78, 5) is 2.31. The zero-order chi connectivity index (χ0) is 13.5. The van der Waals surface area contributed by atoms with Crippen LogP contribution in [0.25, 0.3) is 0 Å². The number of halogens is 1. The maximum absolute atomic E-state index is 13.2. The topological polar surface area (TPSA) is 33.7 Å². The summed E-state index contributed by atoms with van der Waals surface area (Å²) in [5.74, 6) is 0.523. The van der Waals surface area contributed by atoms with Gasteiger partial charge in [-0.2, -0.15) is 0 Å². The number of benzene rings is 1. The Kier molecular flexibility index (Phi) is 5.57. The van der Waals surface area contributed by atoms with Crippen molar-refractivity contribution in [2.75, 3.05) is 46.5 Å². The Balaban J connectivity index is 1.84. The second-order valence-corrected chi connectivity index (χ2v) is 4.58. The molecule has 0 aromatic heterocycles. The SMILES string of the molecule is CNCc1cc(F)ccc1OCCN1CCOCC1. The van der Waals surface area contributed by atoms with Gasteiger partial charge in [0.15, 0.2) is 0 Å². The third-order valence-electron chi connectivity index (χ3n) is 3.16. The first-order chi connectivity index (χ1) is 9.29. The molecule has 0 spiro atoms. The van der Waals surface area contributed by atoms with Crippen molar-refractivity contribution in [2.45, 2.75) is 6.54 Å². The van der Waals surface area contributed by atoms with Crippen LogP contribution in [0.5, 0.6) is 5.75 Å². The standard InChI is InChI=1S/C14H21FN2O2/c1-16-11-12-10-13(15)2-3-14(12)19-9-6-17-4-7-18-8-5-17/h2-3,10,16H,4-9,11H2,1H3. The van der Waals surface area contributed by atoms with Crippen LogP contribution in [0.1, 0.15) is 5.56 Å². The predicted molar refractivity (Wildman–Crippen MR) is 71.9 cm³/mol. The largest absolute Gasteiger partial charge is 0.492 e. The van der Waals surface area contributed by atoms with E-state index in [1.165, 1.54) is 12.1 Å². The molecule has 0 radical (unpaired) electrons. The second kappa shape index (κ2) is 7.43. The maximum atomic E-state index is 13.2. The van der Waals surface area contributed by atoms with Gasteiger partial charge in [0, 0.05) is 31.7 Å². The Morgan fingerprint density at radius 2 is 2.16 bits per heavy atom. The van der Waals surface area contributed by atoms with Crippen LogP contribution < -0.4 is 10.1 Å². The van der Waals surface area contributed by atoms with Crippen LogP contribution in [0.15, 0.2) is 18.2 Å². The lowest BCUT2D eigenvalue weighted by molar-refractivity contribution is 0.0322. The average molecular weight is 268 g/mol. The van der Waals surface area contributed by atoms with Gasteiger partial charge in [0.2, 0.25) is 0 Å². The van der Waals surface area contributed by atoms with Gasteiger partial charge in [-0.15, -0.1) is 0 Å². The molecule has 0 amide bonds. The molecule has 0 saturated carbocycles. The van der Waals surface area contributed by atoms with Gasteiger partial charge < -0.3 is 14.8 Å². The van der Waals surface area contributed by atoms with Crippen LogP contribution in [0.2, 0.25) is 0 Å². The summed E-state index contributed by atoms with van der Waals surface area (Å²) < 4.78 is 24.2. The molecule has 0 atom stereocenters. The molecule has 1 aliphatic rings. The van der Waals surface area contributed by atoms with Gasteiger partial charge in [0.05, 0.1) is 13.2 Å². The van der Waals surface area contributed by atoms with E-state index in [0.717, 1.165) is 44.2 Å². The highest BCUT2D eigenvalue weighted by atomic mass is 19.1. The normalized spacial score (nSPS) is 16.5. The highest BCUT2D eigenvalue weighted by Crippen LogP contribution is 2.19. The Bertz CT molecular complexity index is 395.